The summed E-state index contributed by atoms with van der Waals surface area (Å²) < 4.78 is 11.1. The number of ether oxygens (including phenoxy) is 2. The lowest BCUT2D eigenvalue weighted by atomic mass is 10.00. The minimum atomic E-state index is -1.29. The van der Waals surface area contributed by atoms with Crippen LogP contribution >= 0.6 is 23.2 Å². The van der Waals surface area contributed by atoms with Crippen LogP contribution in [0.3, 0.4) is 0 Å². The van der Waals surface area contributed by atoms with Crippen LogP contribution in [0.25, 0.3) is 11.1 Å². The lowest BCUT2D eigenvalue weighted by Gasteiger charge is -2.26. The first kappa shape index (κ1) is 33.4. The molecule has 0 unspecified atom stereocenters. The number of halogens is 2. The van der Waals surface area contributed by atoms with Gasteiger partial charge in [0.15, 0.2) is 0 Å². The molecule has 4 aromatic rings. The maximum absolute atomic E-state index is 13.4. The van der Waals surface area contributed by atoms with Crippen LogP contribution in [0.4, 0.5) is 5.69 Å². The number of hydrogen-bond donors (Lipinski definition) is 3. The molecule has 11 nitrogen and oxygen atoms in total. The maximum atomic E-state index is 13.4. The molecule has 1 heterocycles. The first-order chi connectivity index (χ1) is 22.7. The van der Waals surface area contributed by atoms with Crippen LogP contribution in [0.15, 0.2) is 91.0 Å². The van der Waals surface area contributed by atoms with Crippen molar-refractivity contribution in [3.63, 3.8) is 0 Å². The lowest BCUT2D eigenvalue weighted by molar-refractivity contribution is -0.385. The second-order valence-electron chi connectivity index (χ2n) is 10.7. The Balaban J connectivity index is 1.26. The molecule has 3 N–H and O–H groups in total. The number of amides is 2. The third-order valence-corrected chi connectivity index (χ3v) is 8.04. The first-order valence-electron chi connectivity index (χ1n) is 14.7. The van der Waals surface area contributed by atoms with Gasteiger partial charge in [0.25, 0.3) is 11.6 Å². The number of nitrogens with zero attached hydrogens (tertiary/aromatic N) is 1. The van der Waals surface area contributed by atoms with Crippen LogP contribution in [-0.4, -0.2) is 48.4 Å². The van der Waals surface area contributed by atoms with Crippen molar-refractivity contribution >= 4 is 46.7 Å². The molecule has 0 aromatic heterocycles. The molecule has 2 amide bonds. The zero-order valence-corrected chi connectivity index (χ0v) is 26.4. The Morgan fingerprint density at radius 2 is 1.62 bits per heavy atom. The normalized spacial score (nSPS) is 14.2. The summed E-state index contributed by atoms with van der Waals surface area (Å²) in [6.07, 6.45) is 0.483. The predicted octanol–water partition coefficient (Wildman–Crippen LogP) is 5.64. The largest absolute Gasteiger partial charge is 0.493 e. The summed E-state index contributed by atoms with van der Waals surface area (Å²) in [5, 5.41) is 19.8. The summed E-state index contributed by atoms with van der Waals surface area (Å²) in [5.41, 5.74) is 2.74. The van der Waals surface area contributed by atoms with Gasteiger partial charge in [-0.15, -0.1) is 0 Å². The summed E-state index contributed by atoms with van der Waals surface area (Å²) in [7, 11) is 0. The van der Waals surface area contributed by atoms with Gasteiger partial charge in [0.2, 0.25) is 5.91 Å². The first-order valence-corrected chi connectivity index (χ1v) is 15.4. The van der Waals surface area contributed by atoms with Crippen molar-refractivity contribution < 1.29 is 28.8 Å². The number of fused-ring (bicyclic) bond motifs is 1. The third-order valence-electron chi connectivity index (χ3n) is 7.45. The Kier molecular flexibility index (Phi) is 11.0. The van der Waals surface area contributed by atoms with Crippen LogP contribution in [0.1, 0.15) is 33.9 Å². The van der Waals surface area contributed by atoms with Crippen molar-refractivity contribution in [2.24, 2.45) is 0 Å². The zero-order chi connectivity index (χ0) is 33.3. The molecule has 0 radical (unpaired) electrons. The van der Waals surface area contributed by atoms with Crippen LogP contribution in [0.2, 0.25) is 10.0 Å². The van der Waals surface area contributed by atoms with Gasteiger partial charge in [-0.1, -0.05) is 83.9 Å². The molecule has 5 rings (SSSR count). The summed E-state index contributed by atoms with van der Waals surface area (Å²) in [4.78, 5) is 50.3. The number of non-ortho nitro benzene ring substituents is 1. The van der Waals surface area contributed by atoms with Gasteiger partial charge in [-0.2, -0.15) is 0 Å². The molecule has 0 spiro atoms. The number of esters is 1. The molecule has 4 aromatic carbocycles. The molecule has 13 heteroatoms. The molecule has 2 atom stereocenters. The van der Waals surface area contributed by atoms with E-state index in [1.165, 1.54) is 18.2 Å². The molecule has 0 bridgehead atoms. The fraction of sp³-hybridized carbons (Fsp3) is 0.206. The summed E-state index contributed by atoms with van der Waals surface area (Å²) in [6, 6.07) is 24.2. The molecular formula is C34H30Cl2N4O7. The van der Waals surface area contributed by atoms with E-state index in [9.17, 15) is 24.5 Å². The molecule has 0 aliphatic carbocycles. The third kappa shape index (κ3) is 8.64. The SMILES string of the molecule is O=C(CN[C@@H]1CCOc2ccc([N+](=O)[O-])cc21)NC[C@H](NC(=O)c1c(Cl)cc(-c2ccccc2)cc1Cl)C(=O)OCc1ccccc1. The summed E-state index contributed by atoms with van der Waals surface area (Å²) >= 11 is 13.0. The van der Waals surface area contributed by atoms with E-state index in [-0.39, 0.29) is 47.0 Å². The van der Waals surface area contributed by atoms with Crippen LogP contribution in [0, 0.1) is 10.1 Å². The van der Waals surface area contributed by atoms with E-state index in [0.29, 0.717) is 29.9 Å². The highest BCUT2D eigenvalue weighted by atomic mass is 35.5. The van der Waals surface area contributed by atoms with Gasteiger partial charge in [-0.3, -0.25) is 19.7 Å². The Hall–Kier alpha value is -4.97. The van der Waals surface area contributed by atoms with Crippen LogP contribution < -0.4 is 20.7 Å². The minimum Gasteiger partial charge on any atom is -0.493 e. The molecule has 0 saturated carbocycles. The van der Waals surface area contributed by atoms with E-state index in [0.717, 1.165) is 11.1 Å². The highest BCUT2D eigenvalue weighted by Gasteiger charge is 2.28. The Labute approximate surface area is 280 Å². The molecule has 242 valence electrons. The fourth-order valence-corrected chi connectivity index (χ4v) is 5.70. The van der Waals surface area contributed by atoms with Crippen molar-refractivity contribution in [2.75, 3.05) is 19.7 Å². The van der Waals surface area contributed by atoms with Gasteiger partial charge < -0.3 is 25.4 Å². The zero-order valence-electron chi connectivity index (χ0n) is 24.9. The van der Waals surface area contributed by atoms with Crippen molar-refractivity contribution in [1.82, 2.24) is 16.0 Å². The number of carbonyl (C=O) groups is 3. The minimum absolute atomic E-state index is 0.0332. The topological polar surface area (TPSA) is 149 Å². The van der Waals surface area contributed by atoms with Gasteiger partial charge in [0.1, 0.15) is 18.4 Å². The number of nitrogens with one attached hydrogen (secondary N) is 3. The average Bonchev–Trinajstić information content (AvgIpc) is 3.08. The molecule has 0 fully saturated rings. The standard InChI is InChI=1S/C34H30Cl2N4O7/c35-26-15-23(22-9-5-2-6-10-22)16-27(36)32(26)33(42)39-29(34(43)47-20-21-7-3-1-4-8-21)18-38-31(41)19-37-28-13-14-46-30-12-11-24(40(44)45)17-25(28)30/h1-12,15-17,28-29,37H,13-14,18-20H2,(H,38,41)(H,39,42)/t28-,29+/m1/s1. The Morgan fingerprint density at radius 1 is 0.936 bits per heavy atom. The maximum Gasteiger partial charge on any atom is 0.330 e. The van der Waals surface area contributed by atoms with Crippen molar-refractivity contribution in [3.8, 4) is 16.9 Å². The number of rotatable bonds is 12. The number of hydrogen-bond acceptors (Lipinski definition) is 8. The van der Waals surface area contributed by atoms with Crippen LogP contribution in [0.5, 0.6) is 5.75 Å². The Bertz CT molecular complexity index is 1750. The summed E-state index contributed by atoms with van der Waals surface area (Å²) in [6.45, 7) is -0.161. The number of nitro groups is 1. The Morgan fingerprint density at radius 3 is 2.30 bits per heavy atom. The van der Waals surface area contributed by atoms with E-state index < -0.39 is 28.7 Å². The highest BCUT2D eigenvalue weighted by molar-refractivity contribution is 6.40. The predicted molar refractivity (Wildman–Crippen MR) is 176 cm³/mol. The van der Waals surface area contributed by atoms with Gasteiger partial charge >= 0.3 is 5.97 Å². The van der Waals surface area contributed by atoms with Crippen molar-refractivity contribution in [1.29, 1.82) is 0 Å². The lowest BCUT2D eigenvalue weighted by Crippen LogP contribution is -2.50. The quantitative estimate of drug-likeness (QED) is 0.0992. The number of nitro benzene ring substituents is 1. The van der Waals surface area contributed by atoms with Gasteiger partial charge in [-0.05, 0) is 34.9 Å². The van der Waals surface area contributed by atoms with Gasteiger partial charge in [0, 0.05) is 36.7 Å². The number of benzene rings is 4. The van der Waals surface area contributed by atoms with E-state index >= 15 is 0 Å². The fourth-order valence-electron chi connectivity index (χ4n) is 5.04. The average molecular weight is 678 g/mol. The van der Waals surface area contributed by atoms with Gasteiger partial charge in [-0.25, -0.2) is 4.79 Å². The molecular weight excluding hydrogens is 647 g/mol. The van der Waals surface area contributed by atoms with E-state index in [4.69, 9.17) is 32.7 Å². The van der Waals surface area contributed by atoms with E-state index in [1.807, 2.05) is 36.4 Å². The van der Waals surface area contributed by atoms with Crippen molar-refractivity contribution in [2.45, 2.75) is 25.1 Å². The molecule has 47 heavy (non-hydrogen) atoms. The number of carbonyl (C=O) groups excluding carboxylic acids is 3. The second kappa shape index (κ2) is 15.5. The molecule has 0 saturated heterocycles. The van der Waals surface area contributed by atoms with Gasteiger partial charge in [0.05, 0.1) is 33.7 Å². The van der Waals surface area contributed by atoms with Crippen LogP contribution in [-0.2, 0) is 20.9 Å². The summed E-state index contributed by atoms with van der Waals surface area (Å²) in [5.74, 6) is -1.50. The van der Waals surface area contributed by atoms with E-state index in [1.54, 1.807) is 36.4 Å². The highest BCUT2D eigenvalue weighted by Crippen LogP contribution is 2.35. The van der Waals surface area contributed by atoms with Crippen molar-refractivity contribution in [3.05, 3.63) is 128 Å². The monoisotopic (exact) mass is 676 g/mol. The smallest absolute Gasteiger partial charge is 0.330 e. The van der Waals surface area contributed by atoms with E-state index in [2.05, 4.69) is 16.0 Å². The molecule has 1 aliphatic rings. The second-order valence-corrected chi connectivity index (χ2v) is 11.5. The molecule has 1 aliphatic heterocycles.